The lowest BCUT2D eigenvalue weighted by atomic mass is 9.96. The fourth-order valence-corrected chi connectivity index (χ4v) is 3.88. The van der Waals surface area contributed by atoms with Gasteiger partial charge >= 0.3 is 18.1 Å². The standard InChI is InChI=1S/C12H18F3NO6S/c1-2-22-10(17)4-3-5-23(20,21)16-6-8(11(18)19)9(7-16)12(13,14)15/h8-9H,2-7H2,1H3,(H,18,19)/t8-,9-/m1/s1. The van der Waals surface area contributed by atoms with Crippen molar-refractivity contribution in [3.8, 4) is 0 Å². The summed E-state index contributed by atoms with van der Waals surface area (Å²) in [6.07, 6.45) is -5.07. The van der Waals surface area contributed by atoms with Gasteiger partial charge in [-0.2, -0.15) is 13.2 Å². The van der Waals surface area contributed by atoms with Crippen LogP contribution in [0.5, 0.6) is 0 Å². The second kappa shape index (κ2) is 7.47. The Morgan fingerprint density at radius 3 is 2.35 bits per heavy atom. The average molecular weight is 361 g/mol. The van der Waals surface area contributed by atoms with E-state index in [2.05, 4.69) is 4.74 Å². The number of hydrogen-bond donors (Lipinski definition) is 1. The van der Waals surface area contributed by atoms with Gasteiger partial charge in [0.05, 0.1) is 24.2 Å². The minimum atomic E-state index is -4.79. The predicted molar refractivity (Wildman–Crippen MR) is 71.9 cm³/mol. The summed E-state index contributed by atoms with van der Waals surface area (Å²) < 4.78 is 67.7. The smallest absolute Gasteiger partial charge is 0.393 e. The van der Waals surface area contributed by atoms with Gasteiger partial charge in [0.25, 0.3) is 0 Å². The lowest BCUT2D eigenvalue weighted by molar-refractivity contribution is -0.187. The van der Waals surface area contributed by atoms with Crippen LogP contribution >= 0.6 is 0 Å². The van der Waals surface area contributed by atoms with Crippen LogP contribution in [-0.2, 0) is 24.3 Å². The number of halogens is 3. The van der Waals surface area contributed by atoms with Crippen molar-refractivity contribution in [2.75, 3.05) is 25.4 Å². The third kappa shape index (κ3) is 5.34. The normalized spacial score (nSPS) is 23.0. The van der Waals surface area contributed by atoms with Crippen LogP contribution in [-0.4, -0.2) is 61.4 Å². The highest BCUT2D eigenvalue weighted by Gasteiger charge is 2.54. The zero-order valence-electron chi connectivity index (χ0n) is 12.4. The summed E-state index contributed by atoms with van der Waals surface area (Å²) in [6, 6.07) is 0. The molecule has 1 rings (SSSR count). The molecule has 0 radical (unpaired) electrons. The number of carbonyl (C=O) groups is 2. The van der Waals surface area contributed by atoms with E-state index in [1.807, 2.05) is 0 Å². The minimum Gasteiger partial charge on any atom is -0.481 e. The monoisotopic (exact) mass is 361 g/mol. The molecule has 1 fully saturated rings. The van der Waals surface area contributed by atoms with Gasteiger partial charge < -0.3 is 9.84 Å². The molecule has 7 nitrogen and oxygen atoms in total. The third-order valence-electron chi connectivity index (χ3n) is 3.51. The first-order valence-electron chi connectivity index (χ1n) is 6.92. The summed E-state index contributed by atoms with van der Waals surface area (Å²) in [5.74, 6) is -6.88. The van der Waals surface area contributed by atoms with E-state index < -0.39 is 58.8 Å². The van der Waals surface area contributed by atoms with E-state index in [0.717, 1.165) is 0 Å². The lowest BCUT2D eigenvalue weighted by Gasteiger charge is -2.18. The molecule has 134 valence electrons. The largest absolute Gasteiger partial charge is 0.481 e. The first-order chi connectivity index (χ1) is 10.5. The molecule has 0 amide bonds. The van der Waals surface area contributed by atoms with E-state index in [1.54, 1.807) is 6.92 Å². The van der Waals surface area contributed by atoms with Crippen molar-refractivity contribution in [2.24, 2.45) is 11.8 Å². The van der Waals surface area contributed by atoms with Gasteiger partial charge in [-0.25, -0.2) is 12.7 Å². The van der Waals surface area contributed by atoms with Crippen molar-refractivity contribution >= 4 is 22.0 Å². The van der Waals surface area contributed by atoms with E-state index in [1.165, 1.54) is 0 Å². The van der Waals surface area contributed by atoms with Crippen LogP contribution < -0.4 is 0 Å². The number of esters is 1. The summed E-state index contributed by atoms with van der Waals surface area (Å²) in [4.78, 5) is 22.0. The molecule has 0 aromatic rings. The molecule has 2 atom stereocenters. The van der Waals surface area contributed by atoms with Crippen molar-refractivity contribution in [1.82, 2.24) is 4.31 Å². The maximum Gasteiger partial charge on any atom is 0.393 e. The molecule has 23 heavy (non-hydrogen) atoms. The van der Waals surface area contributed by atoms with Gasteiger partial charge in [0, 0.05) is 19.5 Å². The molecule has 1 N–H and O–H groups in total. The summed E-state index contributed by atoms with van der Waals surface area (Å²) in [5.41, 5.74) is 0. The molecule has 1 saturated heterocycles. The van der Waals surface area contributed by atoms with Crippen LogP contribution in [0.4, 0.5) is 13.2 Å². The Morgan fingerprint density at radius 2 is 1.91 bits per heavy atom. The van der Waals surface area contributed by atoms with Gasteiger partial charge in [-0.1, -0.05) is 0 Å². The van der Waals surface area contributed by atoms with Gasteiger partial charge in [-0.3, -0.25) is 9.59 Å². The van der Waals surface area contributed by atoms with E-state index >= 15 is 0 Å². The molecule has 0 bridgehead atoms. The molecule has 0 aromatic carbocycles. The average Bonchev–Trinajstić information content (AvgIpc) is 2.84. The third-order valence-corrected chi connectivity index (χ3v) is 5.40. The first kappa shape index (κ1) is 19.7. The van der Waals surface area contributed by atoms with E-state index in [-0.39, 0.29) is 19.4 Å². The van der Waals surface area contributed by atoms with Crippen LogP contribution in [0.25, 0.3) is 0 Å². The zero-order valence-corrected chi connectivity index (χ0v) is 13.2. The zero-order chi connectivity index (χ0) is 17.8. The van der Waals surface area contributed by atoms with Crippen LogP contribution in [0.1, 0.15) is 19.8 Å². The highest BCUT2D eigenvalue weighted by atomic mass is 32.2. The Hall–Kier alpha value is -1.36. The van der Waals surface area contributed by atoms with Crippen molar-refractivity contribution < 1.29 is 41.0 Å². The van der Waals surface area contributed by atoms with Gasteiger partial charge in [0.15, 0.2) is 0 Å². The number of nitrogens with zero attached hydrogens (tertiary/aromatic N) is 1. The lowest BCUT2D eigenvalue weighted by Crippen LogP contribution is -2.34. The van der Waals surface area contributed by atoms with E-state index in [9.17, 15) is 31.2 Å². The highest BCUT2D eigenvalue weighted by Crippen LogP contribution is 2.38. The summed E-state index contributed by atoms with van der Waals surface area (Å²) in [5, 5.41) is 8.86. The number of aliphatic carboxylic acids is 1. The second-order valence-corrected chi connectivity index (χ2v) is 7.22. The number of carboxylic acids is 1. The fraction of sp³-hybridized carbons (Fsp3) is 0.833. The molecule has 1 aliphatic rings. The summed E-state index contributed by atoms with van der Waals surface area (Å²) in [7, 11) is -4.07. The highest BCUT2D eigenvalue weighted by molar-refractivity contribution is 7.89. The molecule has 0 saturated carbocycles. The molecule has 0 unspecified atom stereocenters. The number of sulfonamides is 1. The number of carbonyl (C=O) groups excluding carboxylic acids is 1. The van der Waals surface area contributed by atoms with Gasteiger partial charge in [0.2, 0.25) is 10.0 Å². The van der Waals surface area contributed by atoms with E-state index in [0.29, 0.717) is 4.31 Å². The molecule has 0 aromatic heterocycles. The topological polar surface area (TPSA) is 101 Å². The van der Waals surface area contributed by atoms with Crippen molar-refractivity contribution in [3.63, 3.8) is 0 Å². The molecular weight excluding hydrogens is 343 g/mol. The Bertz CT molecular complexity index is 547. The molecule has 11 heteroatoms. The van der Waals surface area contributed by atoms with Crippen LogP contribution in [0, 0.1) is 11.8 Å². The Morgan fingerprint density at radius 1 is 1.30 bits per heavy atom. The molecular formula is C12H18F3NO6S. The minimum absolute atomic E-state index is 0.105. The maximum atomic E-state index is 12.8. The Labute approximate surface area is 131 Å². The van der Waals surface area contributed by atoms with E-state index in [4.69, 9.17) is 5.11 Å². The number of rotatable bonds is 7. The van der Waals surface area contributed by atoms with Crippen LogP contribution in [0.15, 0.2) is 0 Å². The molecule has 1 heterocycles. The summed E-state index contributed by atoms with van der Waals surface area (Å²) in [6.45, 7) is 0.0942. The maximum absolute atomic E-state index is 12.8. The predicted octanol–water partition coefficient (Wildman–Crippen LogP) is 0.854. The van der Waals surface area contributed by atoms with Crippen LogP contribution in [0.2, 0.25) is 0 Å². The molecule has 1 aliphatic heterocycles. The molecule has 0 aliphatic carbocycles. The van der Waals surface area contributed by atoms with Gasteiger partial charge in [0.1, 0.15) is 0 Å². The van der Waals surface area contributed by atoms with Crippen molar-refractivity contribution in [1.29, 1.82) is 0 Å². The number of hydrogen-bond acceptors (Lipinski definition) is 5. The van der Waals surface area contributed by atoms with Gasteiger partial charge in [-0.15, -0.1) is 0 Å². The fourth-order valence-electron chi connectivity index (χ4n) is 2.34. The van der Waals surface area contributed by atoms with Gasteiger partial charge in [-0.05, 0) is 13.3 Å². The number of alkyl halides is 3. The number of ether oxygens (including phenoxy) is 1. The Kier molecular flexibility index (Phi) is 6.40. The van der Waals surface area contributed by atoms with Crippen molar-refractivity contribution in [2.45, 2.75) is 25.9 Å². The first-order valence-corrected chi connectivity index (χ1v) is 8.53. The second-order valence-electron chi connectivity index (χ2n) is 5.13. The van der Waals surface area contributed by atoms with Crippen LogP contribution in [0.3, 0.4) is 0 Å². The van der Waals surface area contributed by atoms with Crippen molar-refractivity contribution in [3.05, 3.63) is 0 Å². The number of carboxylic acid groups (broad SMARTS) is 1. The quantitative estimate of drug-likeness (QED) is 0.675. The summed E-state index contributed by atoms with van der Waals surface area (Å²) >= 11 is 0. The SMILES string of the molecule is CCOC(=O)CCCS(=O)(=O)N1C[C@@H](C(F)(F)F)[C@H](C(=O)O)C1. The molecule has 0 spiro atoms. The Balaban J connectivity index is 2.71.